The second kappa shape index (κ2) is 8.17. The first kappa shape index (κ1) is 21.7. The second-order valence-electron chi connectivity index (χ2n) is 8.41. The van der Waals surface area contributed by atoms with Gasteiger partial charge in [-0.25, -0.2) is 0 Å². The molecule has 0 radical (unpaired) electrons. The van der Waals surface area contributed by atoms with Crippen LogP contribution >= 0.6 is 23.4 Å². The third-order valence-electron chi connectivity index (χ3n) is 5.81. The number of nitrogens with zero attached hydrogens (tertiary/aromatic N) is 1. The van der Waals surface area contributed by atoms with Gasteiger partial charge < -0.3 is 4.84 Å². The van der Waals surface area contributed by atoms with Crippen molar-refractivity contribution in [1.82, 2.24) is 5.32 Å². The molecule has 0 unspecified atom stereocenters. The molecule has 0 atom stereocenters. The van der Waals surface area contributed by atoms with Crippen LogP contribution in [0.5, 0.6) is 0 Å². The molecule has 0 spiro atoms. The van der Waals surface area contributed by atoms with E-state index in [-0.39, 0.29) is 16.6 Å². The lowest BCUT2D eigenvalue weighted by Crippen LogP contribution is -2.28. The number of rotatable bonds is 3. The van der Waals surface area contributed by atoms with E-state index in [0.29, 0.717) is 9.93 Å². The summed E-state index contributed by atoms with van der Waals surface area (Å²) >= 11 is 7.49. The zero-order chi connectivity index (χ0) is 22.3. The summed E-state index contributed by atoms with van der Waals surface area (Å²) in [5.41, 5.74) is 7.09. The van der Waals surface area contributed by atoms with Crippen LogP contribution in [0.1, 0.15) is 48.9 Å². The van der Waals surface area contributed by atoms with Gasteiger partial charge in [0.1, 0.15) is 7.11 Å². The highest BCUT2D eigenvalue weighted by atomic mass is 35.5. The van der Waals surface area contributed by atoms with E-state index in [2.05, 4.69) is 43.4 Å². The van der Waals surface area contributed by atoms with Gasteiger partial charge in [-0.2, -0.15) is 0 Å². The van der Waals surface area contributed by atoms with Crippen LogP contribution in [-0.2, 0) is 15.0 Å². The molecule has 1 heterocycles. The molecule has 1 aliphatic carbocycles. The molecule has 31 heavy (non-hydrogen) atoms. The fraction of sp³-hybridized carbons (Fsp3) is 0.292. The first-order chi connectivity index (χ1) is 14.7. The molecule has 0 bridgehead atoms. The Morgan fingerprint density at radius 1 is 1.16 bits per heavy atom. The van der Waals surface area contributed by atoms with E-state index in [0.717, 1.165) is 58.1 Å². The number of carbonyl (C=O) groups excluding carboxylic acids is 2. The first-order valence-electron chi connectivity index (χ1n) is 10.00. The molecule has 2 amide bonds. The van der Waals surface area contributed by atoms with Crippen molar-refractivity contribution in [2.75, 3.05) is 7.11 Å². The van der Waals surface area contributed by atoms with Gasteiger partial charge in [0.15, 0.2) is 0 Å². The zero-order valence-corrected chi connectivity index (χ0v) is 19.4. The molecule has 5 nitrogen and oxygen atoms in total. The Kier molecular flexibility index (Phi) is 5.71. The lowest BCUT2D eigenvalue weighted by Gasteiger charge is -2.34. The van der Waals surface area contributed by atoms with Crippen molar-refractivity contribution in [1.29, 1.82) is 0 Å². The maximum absolute atomic E-state index is 11.9. The summed E-state index contributed by atoms with van der Waals surface area (Å²) in [6.07, 6.45) is 3.55. The number of benzene rings is 2. The van der Waals surface area contributed by atoms with E-state index in [1.807, 2.05) is 18.2 Å². The molecular weight excluding hydrogens is 432 g/mol. The van der Waals surface area contributed by atoms with E-state index in [1.54, 1.807) is 13.2 Å². The summed E-state index contributed by atoms with van der Waals surface area (Å²) in [6.45, 7) is 6.58. The number of aryl methyl sites for hydroxylation is 1. The predicted octanol–water partition coefficient (Wildman–Crippen LogP) is 6.06. The Morgan fingerprint density at radius 3 is 2.61 bits per heavy atom. The molecule has 2 aromatic rings. The van der Waals surface area contributed by atoms with Crippen LogP contribution < -0.4 is 5.32 Å². The first-order valence-corrected chi connectivity index (χ1v) is 11.2. The van der Waals surface area contributed by atoms with Crippen LogP contribution in [0.25, 0.3) is 17.2 Å². The summed E-state index contributed by atoms with van der Waals surface area (Å²) in [5, 5.41) is 6.81. The van der Waals surface area contributed by atoms with Crippen molar-refractivity contribution < 1.29 is 14.4 Å². The Morgan fingerprint density at radius 2 is 1.94 bits per heavy atom. The van der Waals surface area contributed by atoms with Crippen LogP contribution in [0.3, 0.4) is 0 Å². The molecule has 1 fully saturated rings. The van der Waals surface area contributed by atoms with E-state index in [9.17, 15) is 9.59 Å². The van der Waals surface area contributed by atoms with Crippen molar-refractivity contribution in [3.8, 4) is 11.1 Å². The minimum absolute atomic E-state index is 0.0427. The lowest BCUT2D eigenvalue weighted by atomic mass is 9.71. The number of thioether (sulfide) groups is 1. The summed E-state index contributed by atoms with van der Waals surface area (Å²) in [7, 11) is 1.57. The number of hydrogen-bond acceptors (Lipinski definition) is 5. The summed E-state index contributed by atoms with van der Waals surface area (Å²) in [5.74, 6) is -0.376. The summed E-state index contributed by atoms with van der Waals surface area (Å²) < 4.78 is 0. The number of oxime groups is 1. The third kappa shape index (κ3) is 4.14. The van der Waals surface area contributed by atoms with Crippen molar-refractivity contribution in [3.63, 3.8) is 0 Å². The Balaban J connectivity index is 1.84. The molecule has 1 aliphatic heterocycles. The lowest BCUT2D eigenvalue weighted by molar-refractivity contribution is -0.115. The van der Waals surface area contributed by atoms with Gasteiger partial charge in [0.25, 0.3) is 11.1 Å². The van der Waals surface area contributed by atoms with E-state index in [4.69, 9.17) is 16.4 Å². The summed E-state index contributed by atoms with van der Waals surface area (Å²) in [6, 6.07) is 9.96. The van der Waals surface area contributed by atoms with E-state index < -0.39 is 0 Å². The number of fused-ring (bicyclic) bond motifs is 1. The molecule has 1 saturated heterocycles. The van der Waals surface area contributed by atoms with E-state index in [1.165, 1.54) is 5.56 Å². The van der Waals surface area contributed by atoms with Gasteiger partial charge >= 0.3 is 0 Å². The van der Waals surface area contributed by atoms with Crippen molar-refractivity contribution >= 4 is 46.3 Å². The quantitative estimate of drug-likeness (QED) is 0.452. The second-order valence-corrected chi connectivity index (χ2v) is 9.83. The molecule has 2 aliphatic rings. The molecule has 160 valence electrons. The topological polar surface area (TPSA) is 67.8 Å². The maximum atomic E-state index is 11.9. The maximum Gasteiger partial charge on any atom is 0.290 e. The summed E-state index contributed by atoms with van der Waals surface area (Å²) in [4.78, 5) is 28.9. The van der Waals surface area contributed by atoms with Crippen molar-refractivity contribution in [3.05, 3.63) is 62.5 Å². The zero-order valence-electron chi connectivity index (χ0n) is 17.8. The molecule has 2 aromatic carbocycles. The SMILES string of the molecule is CO/N=C1\CCC(C)(C)c2cc(C)c(-c3cc(/C=C4/SC(=O)NC4=O)ccc3Cl)cc21. The van der Waals surface area contributed by atoms with E-state index >= 15 is 0 Å². The Labute approximate surface area is 190 Å². The van der Waals surface area contributed by atoms with Crippen molar-refractivity contribution in [2.45, 2.75) is 39.0 Å². The van der Waals surface area contributed by atoms with Crippen LogP contribution in [0.15, 0.2) is 40.4 Å². The molecular formula is C24H23ClN2O3S. The number of halogens is 1. The van der Waals surface area contributed by atoms with Crippen molar-refractivity contribution in [2.24, 2.45) is 5.16 Å². The Hall–Kier alpha value is -2.57. The monoisotopic (exact) mass is 454 g/mol. The van der Waals surface area contributed by atoms with Gasteiger partial charge in [0.2, 0.25) is 0 Å². The minimum atomic E-state index is -0.376. The fourth-order valence-corrected chi connectivity index (χ4v) is 5.02. The molecule has 7 heteroatoms. The fourth-order valence-electron chi connectivity index (χ4n) is 4.11. The van der Waals surface area contributed by atoms with Crippen LogP contribution in [0.2, 0.25) is 5.02 Å². The number of carbonyl (C=O) groups is 2. The standard InChI is InChI=1S/C24H23ClN2O3S/c1-13-9-18-17(20(27-30-4)7-8-24(18,2)3)12-15(13)16-10-14(5-6-19(16)25)11-21-22(28)26-23(29)31-21/h5-6,9-12H,7-8H2,1-4H3,(H,26,28,29)/b21-11+,27-20+. The van der Waals surface area contributed by atoms with Gasteiger partial charge in [-0.3, -0.25) is 14.9 Å². The van der Waals surface area contributed by atoms with Gasteiger partial charge in [-0.1, -0.05) is 42.7 Å². The number of hydrogen-bond donors (Lipinski definition) is 1. The van der Waals surface area contributed by atoms with Gasteiger partial charge in [0.05, 0.1) is 10.6 Å². The Bertz CT molecular complexity index is 1170. The predicted molar refractivity (Wildman–Crippen MR) is 127 cm³/mol. The van der Waals surface area contributed by atoms with Crippen LogP contribution in [-0.4, -0.2) is 24.0 Å². The highest BCUT2D eigenvalue weighted by Gasteiger charge is 2.32. The molecule has 1 N–H and O–H groups in total. The molecule has 0 aromatic heterocycles. The number of nitrogens with one attached hydrogen (secondary N) is 1. The normalized spacial score (nSPS) is 20.2. The van der Waals surface area contributed by atoms with Gasteiger partial charge in [0, 0.05) is 16.1 Å². The number of imide groups is 1. The van der Waals surface area contributed by atoms with Crippen LogP contribution in [0.4, 0.5) is 4.79 Å². The molecule has 0 saturated carbocycles. The highest BCUT2D eigenvalue weighted by Crippen LogP contribution is 2.42. The molecule has 4 rings (SSSR count). The number of amides is 2. The van der Waals surface area contributed by atoms with Gasteiger partial charge in [-0.05, 0) is 83.5 Å². The third-order valence-corrected chi connectivity index (χ3v) is 6.95. The highest BCUT2D eigenvalue weighted by molar-refractivity contribution is 8.18. The largest absolute Gasteiger partial charge is 0.399 e. The average molecular weight is 455 g/mol. The van der Waals surface area contributed by atoms with Gasteiger partial charge in [-0.15, -0.1) is 0 Å². The minimum Gasteiger partial charge on any atom is -0.399 e. The smallest absolute Gasteiger partial charge is 0.290 e. The van der Waals surface area contributed by atoms with Crippen LogP contribution in [0, 0.1) is 6.92 Å². The average Bonchev–Trinajstić information content (AvgIpc) is 3.02.